The molecule has 1 aromatic rings. The fourth-order valence-electron chi connectivity index (χ4n) is 1.78. The summed E-state index contributed by atoms with van der Waals surface area (Å²) in [5, 5.41) is 2.56. The molecular weight excluding hydrogens is 250 g/mol. The van der Waals surface area contributed by atoms with Crippen LogP contribution in [0.4, 0.5) is 14.9 Å². The predicted octanol–water partition coefficient (Wildman–Crippen LogP) is 0.0808. The molecule has 19 heavy (non-hydrogen) atoms. The van der Waals surface area contributed by atoms with Crippen LogP contribution in [-0.4, -0.2) is 39.0 Å². The molecule has 7 heteroatoms. The van der Waals surface area contributed by atoms with Gasteiger partial charge in [0, 0.05) is 6.92 Å². The molecule has 1 aliphatic rings. The van der Waals surface area contributed by atoms with Gasteiger partial charge in [-0.15, -0.1) is 0 Å². The number of rotatable bonds is 3. The Morgan fingerprint density at radius 2 is 2.37 bits per heavy atom. The average Bonchev–Trinajstić information content (AvgIpc) is 2.72. The van der Waals surface area contributed by atoms with Crippen molar-refractivity contribution in [1.29, 1.82) is 0 Å². The number of ether oxygens (including phenoxy) is 1. The lowest BCUT2D eigenvalue weighted by molar-refractivity contribution is -0.119. The summed E-state index contributed by atoms with van der Waals surface area (Å²) in [6.07, 6.45) is -1.02. The molecule has 2 radical (unpaired) electrons. The highest BCUT2D eigenvalue weighted by Gasteiger charge is 2.32. The third-order valence-electron chi connectivity index (χ3n) is 2.75. The van der Waals surface area contributed by atoms with Gasteiger partial charge in [-0.2, -0.15) is 0 Å². The maximum absolute atomic E-state index is 13.3. The van der Waals surface area contributed by atoms with Gasteiger partial charge in [-0.25, -0.2) is 9.18 Å². The number of anilines is 1. The fourth-order valence-corrected chi connectivity index (χ4v) is 1.78. The average molecular weight is 262 g/mol. The van der Waals surface area contributed by atoms with Crippen molar-refractivity contribution in [2.75, 3.05) is 18.0 Å². The second-order valence-corrected chi connectivity index (χ2v) is 4.26. The number of hydrogen-bond acceptors (Lipinski definition) is 3. The smallest absolute Gasteiger partial charge is 0.414 e. The summed E-state index contributed by atoms with van der Waals surface area (Å²) in [7, 11) is 5.37. The van der Waals surface area contributed by atoms with Gasteiger partial charge >= 0.3 is 6.09 Å². The molecule has 1 saturated heterocycles. The van der Waals surface area contributed by atoms with E-state index in [1.165, 1.54) is 24.0 Å². The Labute approximate surface area is 111 Å². The van der Waals surface area contributed by atoms with Crippen LogP contribution in [0.5, 0.6) is 0 Å². The Bertz CT molecular complexity index is 524. The Balaban J connectivity index is 2.07. The quantitative estimate of drug-likeness (QED) is 0.785. The molecule has 1 aliphatic heterocycles. The molecule has 5 nitrogen and oxygen atoms in total. The lowest BCUT2D eigenvalue weighted by Crippen LogP contribution is -2.33. The standard InChI is InChI=1S/C12H12BFN2O3/c1-7(17)15-5-9-6-16(12(18)19-9)8-2-3-10(13)11(14)4-8/h2-4,9H,5-6H2,1H3,(H,15,17). The SMILES string of the molecule is [B]c1ccc(N2CC(CNC(C)=O)OC2=O)cc1F. The van der Waals surface area contributed by atoms with Gasteiger partial charge < -0.3 is 10.1 Å². The number of hydrogen-bond donors (Lipinski definition) is 1. The first-order chi connectivity index (χ1) is 8.97. The predicted molar refractivity (Wildman–Crippen MR) is 68.1 cm³/mol. The third-order valence-corrected chi connectivity index (χ3v) is 2.75. The highest BCUT2D eigenvalue weighted by Crippen LogP contribution is 2.21. The van der Waals surface area contributed by atoms with Gasteiger partial charge in [0.25, 0.3) is 0 Å². The summed E-state index contributed by atoms with van der Waals surface area (Å²) in [5.41, 5.74) is 0.396. The van der Waals surface area contributed by atoms with Gasteiger partial charge in [-0.3, -0.25) is 9.69 Å². The zero-order valence-electron chi connectivity index (χ0n) is 10.4. The van der Waals surface area contributed by atoms with Gasteiger partial charge in [-0.1, -0.05) is 11.5 Å². The Kier molecular flexibility index (Phi) is 3.73. The highest BCUT2D eigenvalue weighted by molar-refractivity contribution is 6.32. The number of nitrogens with one attached hydrogen (secondary N) is 1. The van der Waals surface area contributed by atoms with Crippen LogP contribution in [0.25, 0.3) is 0 Å². The number of benzene rings is 1. The maximum Gasteiger partial charge on any atom is 0.414 e. The van der Waals surface area contributed by atoms with Crippen molar-refractivity contribution < 1.29 is 18.7 Å². The van der Waals surface area contributed by atoms with E-state index in [9.17, 15) is 14.0 Å². The maximum atomic E-state index is 13.3. The van der Waals surface area contributed by atoms with E-state index >= 15 is 0 Å². The van der Waals surface area contributed by atoms with E-state index in [0.29, 0.717) is 5.69 Å². The summed E-state index contributed by atoms with van der Waals surface area (Å²) >= 11 is 0. The number of carbonyl (C=O) groups is 2. The first kappa shape index (κ1) is 13.4. The number of halogens is 1. The molecule has 0 bridgehead atoms. The van der Waals surface area contributed by atoms with Gasteiger partial charge in [-0.05, 0) is 12.1 Å². The molecule has 1 N–H and O–H groups in total. The monoisotopic (exact) mass is 262 g/mol. The second-order valence-electron chi connectivity index (χ2n) is 4.26. The van der Waals surface area contributed by atoms with E-state index in [2.05, 4.69) is 5.32 Å². The highest BCUT2D eigenvalue weighted by atomic mass is 19.1. The summed E-state index contributed by atoms with van der Waals surface area (Å²) in [6.45, 7) is 1.86. The van der Waals surface area contributed by atoms with E-state index < -0.39 is 18.0 Å². The molecule has 1 aromatic carbocycles. The first-order valence-corrected chi connectivity index (χ1v) is 5.75. The number of cyclic esters (lactones) is 1. The van der Waals surface area contributed by atoms with Gasteiger partial charge in [0.05, 0.1) is 18.8 Å². The molecule has 1 atom stereocenters. The normalized spacial score (nSPS) is 18.3. The van der Waals surface area contributed by atoms with Crippen molar-refractivity contribution in [3.63, 3.8) is 0 Å². The fraction of sp³-hybridized carbons (Fsp3) is 0.333. The minimum absolute atomic E-state index is 0.0195. The van der Waals surface area contributed by atoms with Crippen molar-refractivity contribution in [3.8, 4) is 0 Å². The first-order valence-electron chi connectivity index (χ1n) is 5.75. The minimum atomic E-state index is -0.587. The summed E-state index contributed by atoms with van der Waals surface area (Å²) in [6, 6.07) is 4.11. The van der Waals surface area contributed by atoms with Crippen molar-refractivity contribution in [2.24, 2.45) is 0 Å². The molecule has 0 saturated carbocycles. The molecule has 0 spiro atoms. The summed E-state index contributed by atoms with van der Waals surface area (Å²) in [4.78, 5) is 23.8. The van der Waals surface area contributed by atoms with Crippen molar-refractivity contribution in [1.82, 2.24) is 5.32 Å². The van der Waals surface area contributed by atoms with Crippen LogP contribution in [0, 0.1) is 5.82 Å². The molecule has 0 aromatic heterocycles. The van der Waals surface area contributed by atoms with E-state index in [4.69, 9.17) is 12.6 Å². The Morgan fingerprint density at radius 1 is 1.63 bits per heavy atom. The molecular formula is C12H12BFN2O3. The Hall–Kier alpha value is -2.05. The molecule has 98 valence electrons. The van der Waals surface area contributed by atoms with Crippen molar-refractivity contribution in [2.45, 2.75) is 13.0 Å². The zero-order valence-corrected chi connectivity index (χ0v) is 10.4. The Morgan fingerprint density at radius 3 is 3.00 bits per heavy atom. The topological polar surface area (TPSA) is 58.6 Å². The molecule has 2 rings (SSSR count). The van der Waals surface area contributed by atoms with Gasteiger partial charge in [0.1, 0.15) is 19.8 Å². The minimum Gasteiger partial charge on any atom is -0.442 e. The third kappa shape index (κ3) is 3.04. The number of carbonyl (C=O) groups excluding carboxylic acids is 2. The number of nitrogens with zero attached hydrogens (tertiary/aromatic N) is 1. The lowest BCUT2D eigenvalue weighted by atomic mass is 9.95. The largest absolute Gasteiger partial charge is 0.442 e. The molecule has 1 unspecified atom stereocenters. The zero-order chi connectivity index (χ0) is 14.0. The van der Waals surface area contributed by atoms with Crippen LogP contribution in [0.2, 0.25) is 0 Å². The summed E-state index contributed by atoms with van der Waals surface area (Å²) < 4.78 is 18.4. The molecule has 2 amide bonds. The number of amides is 2. The second kappa shape index (κ2) is 5.30. The van der Waals surface area contributed by atoms with Crippen LogP contribution >= 0.6 is 0 Å². The van der Waals surface area contributed by atoms with Crippen LogP contribution in [0.1, 0.15) is 6.92 Å². The lowest BCUT2D eigenvalue weighted by Gasteiger charge is -2.13. The van der Waals surface area contributed by atoms with Crippen LogP contribution in [0.15, 0.2) is 18.2 Å². The van der Waals surface area contributed by atoms with Crippen LogP contribution in [0.3, 0.4) is 0 Å². The van der Waals surface area contributed by atoms with E-state index in [1.54, 1.807) is 6.07 Å². The van der Waals surface area contributed by atoms with Crippen molar-refractivity contribution in [3.05, 3.63) is 24.0 Å². The molecule has 1 heterocycles. The van der Waals surface area contributed by atoms with Gasteiger partial charge in [0.15, 0.2) is 0 Å². The van der Waals surface area contributed by atoms with E-state index in [1.807, 2.05) is 0 Å². The van der Waals surface area contributed by atoms with Crippen LogP contribution < -0.4 is 15.7 Å². The van der Waals surface area contributed by atoms with E-state index in [-0.39, 0.29) is 24.5 Å². The van der Waals surface area contributed by atoms with Crippen LogP contribution in [-0.2, 0) is 9.53 Å². The van der Waals surface area contributed by atoms with Crippen molar-refractivity contribution >= 4 is 31.0 Å². The van der Waals surface area contributed by atoms with E-state index in [0.717, 1.165) is 0 Å². The summed E-state index contributed by atoms with van der Waals surface area (Å²) in [5.74, 6) is -0.788. The molecule has 0 aliphatic carbocycles. The molecule has 1 fully saturated rings. The van der Waals surface area contributed by atoms with Gasteiger partial charge in [0.2, 0.25) is 5.91 Å².